The molecule has 0 radical (unpaired) electrons. The molecule has 0 amide bonds. The van der Waals surface area contributed by atoms with E-state index in [1.807, 2.05) is 23.9 Å². The molecule has 3 rings (SSSR count). The topological polar surface area (TPSA) is 55.0 Å². The molecule has 2 aromatic heterocycles. The fraction of sp³-hybridized carbons (Fsp3) is 0.429. The number of nitrogens with two attached hydrogens (primary N) is 1. The van der Waals surface area contributed by atoms with Crippen molar-refractivity contribution >= 4 is 34.1 Å². The van der Waals surface area contributed by atoms with E-state index in [-0.39, 0.29) is 0 Å². The lowest BCUT2D eigenvalue weighted by Crippen LogP contribution is -2.40. The van der Waals surface area contributed by atoms with Gasteiger partial charge in [0.2, 0.25) is 0 Å². The molecule has 106 valence electrons. The first kappa shape index (κ1) is 13.7. The predicted molar refractivity (Wildman–Crippen MR) is 88.5 cm³/mol. The average Bonchev–Trinajstić information content (AvgIpc) is 2.80. The number of nitrogen functional groups attached to an aromatic ring is 1. The van der Waals surface area contributed by atoms with E-state index < -0.39 is 0 Å². The standard InChI is InChI=1S/C14H18N4S2/c1-9-7-18(8-10(2)19-9)14-12(13(15)17-20-14)11-3-5-16-6-4-11/h3-6,9-10H,7-8H2,1-2H3,(H2,15,17). The highest BCUT2D eigenvalue weighted by atomic mass is 32.2. The summed E-state index contributed by atoms with van der Waals surface area (Å²) in [4.78, 5) is 6.50. The molecule has 1 saturated heterocycles. The van der Waals surface area contributed by atoms with Crippen LogP contribution >= 0.6 is 23.3 Å². The van der Waals surface area contributed by atoms with Crippen molar-refractivity contribution in [2.45, 2.75) is 24.3 Å². The molecular weight excluding hydrogens is 288 g/mol. The highest BCUT2D eigenvalue weighted by Crippen LogP contribution is 2.41. The summed E-state index contributed by atoms with van der Waals surface area (Å²) in [5, 5.41) is 2.45. The summed E-state index contributed by atoms with van der Waals surface area (Å²) in [5.41, 5.74) is 8.25. The van der Waals surface area contributed by atoms with Crippen LogP contribution in [0.2, 0.25) is 0 Å². The number of hydrogen-bond donors (Lipinski definition) is 1. The third-order valence-electron chi connectivity index (χ3n) is 3.38. The van der Waals surface area contributed by atoms with Crippen molar-refractivity contribution < 1.29 is 0 Å². The number of aromatic nitrogens is 2. The summed E-state index contributed by atoms with van der Waals surface area (Å²) >= 11 is 3.55. The third kappa shape index (κ3) is 2.62. The second kappa shape index (κ2) is 5.61. The number of rotatable bonds is 2. The van der Waals surface area contributed by atoms with Gasteiger partial charge < -0.3 is 10.6 Å². The molecule has 0 saturated carbocycles. The summed E-state index contributed by atoms with van der Waals surface area (Å²) in [6, 6.07) is 3.99. The lowest BCUT2D eigenvalue weighted by Gasteiger charge is -2.35. The first-order valence-electron chi connectivity index (χ1n) is 6.71. The number of hydrogen-bond acceptors (Lipinski definition) is 6. The zero-order valence-electron chi connectivity index (χ0n) is 11.6. The lowest BCUT2D eigenvalue weighted by atomic mass is 10.1. The number of nitrogens with zero attached hydrogens (tertiary/aromatic N) is 3. The van der Waals surface area contributed by atoms with Gasteiger partial charge in [-0.15, -0.1) is 0 Å². The Balaban J connectivity index is 1.99. The van der Waals surface area contributed by atoms with Gasteiger partial charge in [-0.25, -0.2) is 0 Å². The van der Waals surface area contributed by atoms with E-state index in [9.17, 15) is 0 Å². The van der Waals surface area contributed by atoms with Crippen molar-refractivity contribution in [1.29, 1.82) is 0 Å². The first-order chi connectivity index (χ1) is 9.65. The molecule has 4 nitrogen and oxygen atoms in total. The lowest BCUT2D eigenvalue weighted by molar-refractivity contribution is 0.734. The van der Waals surface area contributed by atoms with Crippen LogP contribution in [0.25, 0.3) is 11.1 Å². The minimum atomic E-state index is 0.620. The molecule has 2 unspecified atom stereocenters. The molecule has 0 aliphatic carbocycles. The van der Waals surface area contributed by atoms with Crippen LogP contribution < -0.4 is 10.6 Å². The molecule has 2 atom stereocenters. The van der Waals surface area contributed by atoms with Crippen molar-refractivity contribution in [2.75, 3.05) is 23.7 Å². The van der Waals surface area contributed by atoms with E-state index in [2.05, 4.69) is 28.1 Å². The summed E-state index contributed by atoms with van der Waals surface area (Å²) < 4.78 is 4.37. The highest BCUT2D eigenvalue weighted by Gasteiger charge is 2.27. The van der Waals surface area contributed by atoms with Gasteiger partial charge in [0.25, 0.3) is 0 Å². The molecular formula is C14H18N4S2. The van der Waals surface area contributed by atoms with Gasteiger partial charge in [-0.2, -0.15) is 16.1 Å². The zero-order valence-corrected chi connectivity index (χ0v) is 13.2. The van der Waals surface area contributed by atoms with E-state index in [1.54, 1.807) is 12.4 Å². The Morgan fingerprint density at radius 2 is 1.85 bits per heavy atom. The molecule has 20 heavy (non-hydrogen) atoms. The number of anilines is 2. The number of pyridine rings is 1. The van der Waals surface area contributed by atoms with Crippen LogP contribution in [-0.2, 0) is 0 Å². The van der Waals surface area contributed by atoms with Crippen molar-refractivity contribution in [3.8, 4) is 11.1 Å². The van der Waals surface area contributed by atoms with Gasteiger partial charge in [0.05, 0.1) is 5.56 Å². The van der Waals surface area contributed by atoms with Gasteiger partial charge >= 0.3 is 0 Å². The Hall–Kier alpha value is -1.27. The van der Waals surface area contributed by atoms with Crippen LogP contribution in [0, 0.1) is 0 Å². The molecule has 2 aromatic rings. The third-order valence-corrected chi connectivity index (χ3v) is 5.53. The van der Waals surface area contributed by atoms with Crippen LogP contribution in [0.15, 0.2) is 24.5 Å². The summed E-state index contributed by atoms with van der Waals surface area (Å²) in [6.07, 6.45) is 3.60. The monoisotopic (exact) mass is 306 g/mol. The maximum absolute atomic E-state index is 6.10. The van der Waals surface area contributed by atoms with Crippen LogP contribution in [0.3, 0.4) is 0 Å². The van der Waals surface area contributed by atoms with Crippen LogP contribution in [0.5, 0.6) is 0 Å². The fourth-order valence-electron chi connectivity index (χ4n) is 2.64. The maximum Gasteiger partial charge on any atom is 0.147 e. The normalized spacial score (nSPS) is 23.0. The smallest absolute Gasteiger partial charge is 0.147 e. The van der Waals surface area contributed by atoms with E-state index in [0.29, 0.717) is 16.3 Å². The average molecular weight is 306 g/mol. The van der Waals surface area contributed by atoms with Crippen LogP contribution in [-0.4, -0.2) is 32.9 Å². The second-order valence-corrected chi connectivity index (χ2v) is 7.78. The maximum atomic E-state index is 6.10. The molecule has 0 aromatic carbocycles. The van der Waals surface area contributed by atoms with Gasteiger partial charge in [0, 0.05) is 36.0 Å². The van der Waals surface area contributed by atoms with Gasteiger partial charge in [0.1, 0.15) is 10.8 Å². The fourth-order valence-corrected chi connectivity index (χ4v) is 4.82. The molecule has 1 aliphatic heterocycles. The zero-order chi connectivity index (χ0) is 14.1. The van der Waals surface area contributed by atoms with Crippen molar-refractivity contribution in [3.05, 3.63) is 24.5 Å². The summed E-state index contributed by atoms with van der Waals surface area (Å²) in [7, 11) is 0. The predicted octanol–water partition coefficient (Wildman–Crippen LogP) is 3.12. The summed E-state index contributed by atoms with van der Waals surface area (Å²) in [5.74, 6) is 0.620. The van der Waals surface area contributed by atoms with Crippen LogP contribution in [0.4, 0.5) is 10.8 Å². The molecule has 1 aliphatic rings. The highest BCUT2D eigenvalue weighted by molar-refractivity contribution is 8.00. The minimum Gasteiger partial charge on any atom is -0.382 e. The Morgan fingerprint density at radius 1 is 1.20 bits per heavy atom. The summed E-state index contributed by atoms with van der Waals surface area (Å²) in [6.45, 7) is 6.66. The van der Waals surface area contributed by atoms with Gasteiger partial charge in [-0.1, -0.05) is 13.8 Å². The molecule has 3 heterocycles. The van der Waals surface area contributed by atoms with E-state index in [4.69, 9.17) is 5.73 Å². The Bertz CT molecular complexity index is 574. The minimum absolute atomic E-state index is 0.620. The molecule has 0 spiro atoms. The van der Waals surface area contributed by atoms with Gasteiger partial charge in [0.15, 0.2) is 0 Å². The Morgan fingerprint density at radius 3 is 2.50 bits per heavy atom. The van der Waals surface area contributed by atoms with E-state index >= 15 is 0 Å². The molecule has 0 bridgehead atoms. The quantitative estimate of drug-likeness (QED) is 0.924. The largest absolute Gasteiger partial charge is 0.382 e. The van der Waals surface area contributed by atoms with E-state index in [1.165, 1.54) is 16.5 Å². The SMILES string of the molecule is CC1CN(c2snc(N)c2-c2ccncc2)CC(C)S1. The molecule has 2 N–H and O–H groups in total. The Kier molecular flexibility index (Phi) is 3.85. The van der Waals surface area contributed by atoms with Gasteiger partial charge in [-0.05, 0) is 29.2 Å². The molecule has 1 fully saturated rings. The first-order valence-corrected chi connectivity index (χ1v) is 8.42. The van der Waals surface area contributed by atoms with Crippen molar-refractivity contribution in [3.63, 3.8) is 0 Å². The Labute approximate surface area is 127 Å². The van der Waals surface area contributed by atoms with Crippen LogP contribution in [0.1, 0.15) is 13.8 Å². The number of thioether (sulfide) groups is 1. The molecule has 6 heteroatoms. The van der Waals surface area contributed by atoms with Crippen molar-refractivity contribution in [2.24, 2.45) is 0 Å². The van der Waals surface area contributed by atoms with Gasteiger partial charge in [-0.3, -0.25) is 4.98 Å². The van der Waals surface area contributed by atoms with Crippen molar-refractivity contribution in [1.82, 2.24) is 9.36 Å². The second-order valence-electron chi connectivity index (χ2n) is 5.15. The van der Waals surface area contributed by atoms with E-state index in [0.717, 1.165) is 24.2 Å².